The molecule has 0 heterocycles. The molecule has 0 saturated carbocycles. The maximum atomic E-state index is 12.2. The van der Waals surface area contributed by atoms with Gasteiger partial charge in [0.25, 0.3) is 0 Å². The fraction of sp³-hybridized carbons (Fsp3) is 0.250. The maximum Gasteiger partial charge on any atom is 0.194 e. The van der Waals surface area contributed by atoms with Gasteiger partial charge in [-0.3, -0.25) is 0 Å². The molecule has 0 N–H and O–H groups in total. The Morgan fingerprint density at radius 1 is 0.571 bits per heavy atom. The molecule has 0 amide bonds. The van der Waals surface area contributed by atoms with Gasteiger partial charge in [-0.15, -0.1) is 0 Å². The highest BCUT2D eigenvalue weighted by Crippen LogP contribution is 2.12. The molecule has 0 saturated heterocycles. The molecule has 0 spiro atoms. The standard InChI is InChI=1S/C7H5F3.C7H6F2.C2H6/c1-4-2-5(8)7(10)6(9)3-4;1-5-2-6(8)4-7(9)3-5;1-2/h2-3H,1H3;2-4H,1H3;1-2H3. The van der Waals surface area contributed by atoms with Crippen molar-refractivity contribution in [1.82, 2.24) is 0 Å². The van der Waals surface area contributed by atoms with Crippen LogP contribution in [0.1, 0.15) is 25.0 Å². The first-order valence-electron chi connectivity index (χ1n) is 6.33. The summed E-state index contributed by atoms with van der Waals surface area (Å²) in [6.07, 6.45) is 0. The van der Waals surface area contributed by atoms with Crippen LogP contribution in [0.15, 0.2) is 30.3 Å². The Morgan fingerprint density at radius 3 is 1.24 bits per heavy atom. The highest BCUT2D eigenvalue weighted by Gasteiger charge is 2.07. The van der Waals surface area contributed by atoms with Crippen LogP contribution in [0, 0.1) is 42.9 Å². The van der Waals surface area contributed by atoms with Crippen molar-refractivity contribution in [3.05, 3.63) is 70.5 Å². The minimum atomic E-state index is -1.41. The van der Waals surface area contributed by atoms with E-state index in [1.165, 1.54) is 19.1 Å². The van der Waals surface area contributed by atoms with Gasteiger partial charge >= 0.3 is 0 Å². The minimum Gasteiger partial charge on any atom is -0.207 e. The molecule has 2 aromatic rings. The second-order valence-corrected chi connectivity index (χ2v) is 3.99. The molecule has 0 aliphatic rings. The lowest BCUT2D eigenvalue weighted by Crippen LogP contribution is -1.90. The van der Waals surface area contributed by atoms with Gasteiger partial charge in [0.15, 0.2) is 17.5 Å². The molecule has 21 heavy (non-hydrogen) atoms. The molecule has 0 radical (unpaired) electrons. The van der Waals surface area contributed by atoms with Gasteiger partial charge in [-0.1, -0.05) is 13.8 Å². The Balaban J connectivity index is 0.000000342. The molecule has 2 rings (SSSR count). The maximum absolute atomic E-state index is 12.2. The van der Waals surface area contributed by atoms with Crippen molar-refractivity contribution < 1.29 is 22.0 Å². The van der Waals surface area contributed by atoms with Crippen LogP contribution in [0.3, 0.4) is 0 Å². The van der Waals surface area contributed by atoms with Crippen molar-refractivity contribution in [2.45, 2.75) is 27.7 Å². The molecule has 2 aromatic carbocycles. The quantitative estimate of drug-likeness (QED) is 0.432. The van der Waals surface area contributed by atoms with E-state index in [1.54, 1.807) is 6.92 Å². The van der Waals surface area contributed by atoms with Crippen LogP contribution >= 0.6 is 0 Å². The van der Waals surface area contributed by atoms with Gasteiger partial charge in [0.1, 0.15) is 11.6 Å². The zero-order valence-corrected chi connectivity index (χ0v) is 12.3. The molecule has 0 aliphatic carbocycles. The fourth-order valence-corrected chi connectivity index (χ4v) is 1.37. The van der Waals surface area contributed by atoms with Crippen LogP contribution in [0.5, 0.6) is 0 Å². The predicted octanol–water partition coefficient (Wildman–Crippen LogP) is 5.71. The van der Waals surface area contributed by atoms with Crippen LogP contribution in [-0.4, -0.2) is 0 Å². The van der Waals surface area contributed by atoms with Gasteiger partial charge in [-0.2, -0.15) is 0 Å². The number of rotatable bonds is 0. The van der Waals surface area contributed by atoms with Crippen LogP contribution in [0.25, 0.3) is 0 Å². The van der Waals surface area contributed by atoms with Crippen LogP contribution in [0.4, 0.5) is 22.0 Å². The largest absolute Gasteiger partial charge is 0.207 e. The number of hydrogen-bond acceptors (Lipinski definition) is 0. The topological polar surface area (TPSA) is 0 Å². The second-order valence-electron chi connectivity index (χ2n) is 3.99. The third-order valence-corrected chi connectivity index (χ3v) is 2.14. The zero-order chi connectivity index (χ0) is 16.6. The first-order chi connectivity index (χ1) is 9.79. The lowest BCUT2D eigenvalue weighted by molar-refractivity contribution is 0.446. The van der Waals surface area contributed by atoms with E-state index in [-0.39, 0.29) is 0 Å². The van der Waals surface area contributed by atoms with Crippen molar-refractivity contribution in [3.63, 3.8) is 0 Å². The van der Waals surface area contributed by atoms with Crippen molar-refractivity contribution in [3.8, 4) is 0 Å². The third-order valence-electron chi connectivity index (χ3n) is 2.14. The molecule has 0 unspecified atom stereocenters. The Bertz CT molecular complexity index is 505. The van der Waals surface area contributed by atoms with Gasteiger partial charge in [0.05, 0.1) is 0 Å². The summed E-state index contributed by atoms with van der Waals surface area (Å²) in [7, 11) is 0. The highest BCUT2D eigenvalue weighted by atomic mass is 19.2. The summed E-state index contributed by atoms with van der Waals surface area (Å²) in [5, 5.41) is 0. The van der Waals surface area contributed by atoms with Crippen LogP contribution in [0.2, 0.25) is 0 Å². The number of benzene rings is 2. The Kier molecular flexibility index (Phi) is 8.28. The molecule has 5 heteroatoms. The summed E-state index contributed by atoms with van der Waals surface area (Å²) in [5.41, 5.74) is 0.976. The molecular formula is C16H17F5. The smallest absolute Gasteiger partial charge is 0.194 e. The average Bonchev–Trinajstić information content (AvgIpc) is 2.37. The van der Waals surface area contributed by atoms with Crippen molar-refractivity contribution in [2.75, 3.05) is 0 Å². The monoisotopic (exact) mass is 304 g/mol. The van der Waals surface area contributed by atoms with Crippen molar-refractivity contribution in [1.29, 1.82) is 0 Å². The van der Waals surface area contributed by atoms with E-state index in [9.17, 15) is 22.0 Å². The summed E-state index contributed by atoms with van der Waals surface area (Å²) in [6.45, 7) is 7.14. The van der Waals surface area contributed by atoms with Gasteiger partial charge in [0.2, 0.25) is 0 Å². The van der Waals surface area contributed by atoms with Gasteiger partial charge in [-0.25, -0.2) is 22.0 Å². The fourth-order valence-electron chi connectivity index (χ4n) is 1.37. The third kappa shape index (κ3) is 6.88. The molecule has 0 bridgehead atoms. The second kappa shape index (κ2) is 9.10. The summed E-state index contributed by atoms with van der Waals surface area (Å²) >= 11 is 0. The van der Waals surface area contributed by atoms with E-state index >= 15 is 0 Å². The summed E-state index contributed by atoms with van der Waals surface area (Å²) in [5.74, 6) is -4.74. The molecule has 0 aliphatic heterocycles. The van der Waals surface area contributed by atoms with Crippen molar-refractivity contribution in [2.24, 2.45) is 0 Å². The van der Waals surface area contributed by atoms with Gasteiger partial charge < -0.3 is 0 Å². The van der Waals surface area contributed by atoms with E-state index in [0.717, 1.165) is 18.2 Å². The molecule has 116 valence electrons. The minimum absolute atomic E-state index is 0.372. The summed E-state index contributed by atoms with van der Waals surface area (Å²) in [6, 6.07) is 5.30. The van der Waals surface area contributed by atoms with Crippen molar-refractivity contribution >= 4 is 0 Å². The Labute approximate surface area is 121 Å². The van der Waals surface area contributed by atoms with E-state index in [1.807, 2.05) is 13.8 Å². The lowest BCUT2D eigenvalue weighted by Gasteiger charge is -1.95. The SMILES string of the molecule is CC.Cc1cc(F)c(F)c(F)c1.Cc1cc(F)cc(F)c1. The summed E-state index contributed by atoms with van der Waals surface area (Å²) < 4.78 is 61.0. The predicted molar refractivity (Wildman–Crippen MR) is 73.5 cm³/mol. The Morgan fingerprint density at radius 2 is 0.905 bits per heavy atom. The van der Waals surface area contributed by atoms with Crippen LogP contribution in [-0.2, 0) is 0 Å². The molecule has 0 fully saturated rings. The molecule has 0 aromatic heterocycles. The summed E-state index contributed by atoms with van der Waals surface area (Å²) in [4.78, 5) is 0. The average molecular weight is 304 g/mol. The lowest BCUT2D eigenvalue weighted by atomic mass is 10.2. The first-order valence-corrected chi connectivity index (χ1v) is 6.33. The van der Waals surface area contributed by atoms with Gasteiger partial charge in [0, 0.05) is 6.07 Å². The highest BCUT2D eigenvalue weighted by molar-refractivity contribution is 5.17. The molecule has 0 atom stereocenters. The Hall–Kier alpha value is -1.91. The number of hydrogen-bond donors (Lipinski definition) is 0. The van der Waals surface area contributed by atoms with E-state index in [2.05, 4.69) is 0 Å². The van der Waals surface area contributed by atoms with E-state index in [0.29, 0.717) is 11.1 Å². The first kappa shape index (κ1) is 19.1. The number of halogens is 5. The number of aryl methyl sites for hydroxylation is 2. The molecule has 0 nitrogen and oxygen atoms in total. The van der Waals surface area contributed by atoms with Crippen LogP contribution < -0.4 is 0 Å². The zero-order valence-electron chi connectivity index (χ0n) is 12.3. The molecular weight excluding hydrogens is 287 g/mol. The van der Waals surface area contributed by atoms with Gasteiger partial charge in [-0.05, 0) is 49.2 Å². The van der Waals surface area contributed by atoms with E-state index in [4.69, 9.17) is 0 Å². The normalized spacial score (nSPS) is 9.19. The van der Waals surface area contributed by atoms with E-state index < -0.39 is 29.1 Å².